The van der Waals surface area contributed by atoms with Crippen LogP contribution in [0.2, 0.25) is 0 Å². The number of halogens is 1. The average molecular weight is 300 g/mol. The summed E-state index contributed by atoms with van der Waals surface area (Å²) >= 11 is 2.03. The summed E-state index contributed by atoms with van der Waals surface area (Å²) in [6, 6.07) is 8.16. The van der Waals surface area contributed by atoms with Crippen LogP contribution in [0.25, 0.3) is 11.5 Å². The molecule has 1 heterocycles. The minimum Gasteiger partial charge on any atom is -0.333 e. The van der Waals surface area contributed by atoms with Crippen molar-refractivity contribution in [2.75, 3.05) is 0 Å². The third-order valence-electron chi connectivity index (χ3n) is 2.01. The van der Waals surface area contributed by atoms with Gasteiger partial charge < -0.3 is 4.52 Å². The predicted molar refractivity (Wildman–Crippen MR) is 61.8 cm³/mol. The van der Waals surface area contributed by atoms with E-state index in [0.29, 0.717) is 9.72 Å². The van der Waals surface area contributed by atoms with Gasteiger partial charge in [0.15, 0.2) is 0 Å². The molecule has 0 aliphatic heterocycles. The van der Waals surface area contributed by atoms with Gasteiger partial charge in [0.05, 0.1) is 0 Å². The fourth-order valence-electron chi connectivity index (χ4n) is 1.21. The highest BCUT2D eigenvalue weighted by atomic mass is 127. The zero-order valence-corrected chi connectivity index (χ0v) is 9.85. The van der Waals surface area contributed by atoms with Gasteiger partial charge in [0, 0.05) is 28.2 Å². The van der Waals surface area contributed by atoms with Gasteiger partial charge >= 0.3 is 0 Å². The molecule has 0 amide bonds. The molecule has 1 aromatic carbocycles. The molecule has 0 fully saturated rings. The molecule has 0 spiro atoms. The first-order valence-corrected chi connectivity index (χ1v) is 5.46. The van der Waals surface area contributed by atoms with E-state index in [9.17, 15) is 0 Å². The minimum absolute atomic E-state index is 0.581. The second-order valence-corrected chi connectivity index (χ2v) is 3.88. The molecule has 0 aliphatic carbocycles. The number of aryl methyl sites for hydroxylation is 1. The van der Waals surface area contributed by atoms with Crippen molar-refractivity contribution >= 4 is 22.6 Å². The smallest absolute Gasteiger partial charge is 0.258 e. The number of aromatic nitrogens is 2. The third kappa shape index (κ3) is 1.95. The van der Waals surface area contributed by atoms with Gasteiger partial charge in [-0.25, -0.2) is 0 Å². The molecule has 0 saturated carbocycles. The number of hydrogen-bond acceptors (Lipinski definition) is 3. The average Bonchev–Trinajstić information content (AvgIpc) is 2.65. The number of hydrogen-bond donors (Lipinski definition) is 0. The molecular weight excluding hydrogens is 291 g/mol. The van der Waals surface area contributed by atoms with E-state index in [1.165, 1.54) is 5.56 Å². The SMILES string of the molecule is CCc1ccc(-c2nc(I)no2)cc1. The molecule has 0 N–H and O–H groups in total. The van der Waals surface area contributed by atoms with E-state index in [4.69, 9.17) is 4.52 Å². The van der Waals surface area contributed by atoms with E-state index in [1.807, 2.05) is 34.7 Å². The largest absolute Gasteiger partial charge is 0.333 e. The lowest BCUT2D eigenvalue weighted by Crippen LogP contribution is -1.81. The summed E-state index contributed by atoms with van der Waals surface area (Å²) in [5.74, 6) is 0.581. The first kappa shape index (κ1) is 9.64. The molecule has 2 rings (SSSR count). The third-order valence-corrected chi connectivity index (χ3v) is 2.45. The Bertz CT molecular complexity index is 422. The molecule has 14 heavy (non-hydrogen) atoms. The maximum atomic E-state index is 5.06. The van der Waals surface area contributed by atoms with Crippen molar-refractivity contribution in [3.8, 4) is 11.5 Å². The van der Waals surface area contributed by atoms with Crippen LogP contribution in [0, 0.1) is 3.83 Å². The Kier molecular flexibility index (Phi) is 2.81. The normalized spacial score (nSPS) is 10.4. The zero-order valence-electron chi connectivity index (χ0n) is 7.70. The standard InChI is InChI=1S/C10H9IN2O/c1-2-7-3-5-8(6-4-7)9-12-10(11)13-14-9/h3-6H,2H2,1H3. The van der Waals surface area contributed by atoms with Gasteiger partial charge in [-0.3, -0.25) is 0 Å². The number of rotatable bonds is 2. The topological polar surface area (TPSA) is 38.9 Å². The lowest BCUT2D eigenvalue weighted by atomic mass is 10.1. The van der Waals surface area contributed by atoms with Gasteiger partial charge in [0.2, 0.25) is 3.83 Å². The molecule has 72 valence electrons. The summed E-state index contributed by atoms with van der Waals surface area (Å²) in [6.07, 6.45) is 1.04. The fraction of sp³-hybridized carbons (Fsp3) is 0.200. The summed E-state index contributed by atoms with van der Waals surface area (Å²) in [6.45, 7) is 2.13. The van der Waals surface area contributed by atoms with E-state index in [-0.39, 0.29) is 0 Å². The first-order chi connectivity index (χ1) is 6.79. The Labute approximate surface area is 95.7 Å². The first-order valence-electron chi connectivity index (χ1n) is 4.38. The fourth-order valence-corrected chi connectivity index (χ4v) is 1.52. The molecule has 0 unspecified atom stereocenters. The van der Waals surface area contributed by atoms with Crippen LogP contribution < -0.4 is 0 Å². The molecule has 2 aromatic rings. The van der Waals surface area contributed by atoms with Gasteiger partial charge in [-0.05, 0) is 24.1 Å². The molecule has 1 aromatic heterocycles. The molecule has 0 radical (unpaired) electrons. The molecule has 0 aliphatic rings. The Balaban J connectivity index is 2.33. The van der Waals surface area contributed by atoms with Crippen LogP contribution in [-0.2, 0) is 6.42 Å². The van der Waals surface area contributed by atoms with E-state index in [2.05, 4.69) is 29.2 Å². The van der Waals surface area contributed by atoms with Crippen molar-refractivity contribution in [2.24, 2.45) is 0 Å². The van der Waals surface area contributed by atoms with Crippen molar-refractivity contribution in [1.82, 2.24) is 10.1 Å². The Morgan fingerprint density at radius 3 is 2.50 bits per heavy atom. The van der Waals surface area contributed by atoms with E-state index in [0.717, 1.165) is 12.0 Å². The van der Waals surface area contributed by atoms with Gasteiger partial charge in [-0.2, -0.15) is 4.98 Å². The van der Waals surface area contributed by atoms with E-state index < -0.39 is 0 Å². The second kappa shape index (κ2) is 4.08. The summed E-state index contributed by atoms with van der Waals surface area (Å²) < 4.78 is 5.69. The molecule has 0 atom stereocenters. The van der Waals surface area contributed by atoms with Gasteiger partial charge in [-0.15, -0.1) is 0 Å². The van der Waals surface area contributed by atoms with Crippen molar-refractivity contribution in [2.45, 2.75) is 13.3 Å². The van der Waals surface area contributed by atoms with Gasteiger partial charge in [0.1, 0.15) is 0 Å². The van der Waals surface area contributed by atoms with Gasteiger partial charge in [0.25, 0.3) is 5.89 Å². The van der Waals surface area contributed by atoms with Crippen molar-refractivity contribution in [3.05, 3.63) is 33.7 Å². The lowest BCUT2D eigenvalue weighted by Gasteiger charge is -1.96. The molecule has 0 saturated heterocycles. The quantitative estimate of drug-likeness (QED) is 0.801. The van der Waals surface area contributed by atoms with Crippen LogP contribution in [-0.4, -0.2) is 10.1 Å². The van der Waals surface area contributed by atoms with E-state index in [1.54, 1.807) is 0 Å². The van der Waals surface area contributed by atoms with Crippen molar-refractivity contribution in [1.29, 1.82) is 0 Å². The molecular formula is C10H9IN2O. The maximum absolute atomic E-state index is 5.06. The molecule has 0 bridgehead atoms. The maximum Gasteiger partial charge on any atom is 0.258 e. The minimum atomic E-state index is 0.581. The van der Waals surface area contributed by atoms with E-state index >= 15 is 0 Å². The van der Waals surface area contributed by atoms with Crippen LogP contribution in [0.3, 0.4) is 0 Å². The zero-order chi connectivity index (χ0) is 9.97. The summed E-state index contributed by atoms with van der Waals surface area (Å²) in [5.41, 5.74) is 2.28. The Morgan fingerprint density at radius 2 is 2.00 bits per heavy atom. The summed E-state index contributed by atoms with van der Waals surface area (Å²) in [4.78, 5) is 4.15. The lowest BCUT2D eigenvalue weighted by molar-refractivity contribution is 0.426. The van der Waals surface area contributed by atoms with Crippen LogP contribution in [0.15, 0.2) is 28.8 Å². The number of nitrogens with zero attached hydrogens (tertiary/aromatic N) is 2. The van der Waals surface area contributed by atoms with Crippen LogP contribution in [0.5, 0.6) is 0 Å². The Hall–Kier alpha value is -0.910. The monoisotopic (exact) mass is 300 g/mol. The van der Waals surface area contributed by atoms with Crippen LogP contribution >= 0.6 is 22.6 Å². The highest BCUT2D eigenvalue weighted by Gasteiger charge is 2.05. The predicted octanol–water partition coefficient (Wildman–Crippen LogP) is 2.90. The highest BCUT2D eigenvalue weighted by molar-refractivity contribution is 14.1. The van der Waals surface area contributed by atoms with Crippen molar-refractivity contribution in [3.63, 3.8) is 0 Å². The van der Waals surface area contributed by atoms with Gasteiger partial charge in [-0.1, -0.05) is 24.2 Å². The summed E-state index contributed by atoms with van der Waals surface area (Å²) in [5, 5.41) is 3.74. The van der Waals surface area contributed by atoms with Crippen molar-refractivity contribution < 1.29 is 4.52 Å². The molecule has 4 heteroatoms. The second-order valence-electron chi connectivity index (χ2n) is 2.92. The molecule has 3 nitrogen and oxygen atoms in total. The Morgan fingerprint density at radius 1 is 1.29 bits per heavy atom. The number of benzene rings is 1. The highest BCUT2D eigenvalue weighted by Crippen LogP contribution is 2.18. The summed E-state index contributed by atoms with van der Waals surface area (Å²) in [7, 11) is 0. The van der Waals surface area contributed by atoms with Crippen LogP contribution in [0.1, 0.15) is 12.5 Å². The van der Waals surface area contributed by atoms with Crippen LogP contribution in [0.4, 0.5) is 0 Å².